The standard InChI is InChI=1S/C16H22ClN3O.2ClH/c17-15-3-1-2-13(10-15)12-19-6-8-20(9-7-19)16(21)14-4-5-18-11-14;;/h1-3,10,14,18H,4-9,11-12H2;2*1H. The number of hydrogen-bond acceptors (Lipinski definition) is 3. The van der Waals surface area contributed by atoms with Crippen molar-refractivity contribution in [3.8, 4) is 0 Å². The van der Waals surface area contributed by atoms with Gasteiger partial charge in [-0.3, -0.25) is 9.69 Å². The Bertz CT molecular complexity index is 501. The van der Waals surface area contributed by atoms with Crippen molar-refractivity contribution < 1.29 is 4.79 Å². The van der Waals surface area contributed by atoms with Gasteiger partial charge in [0.2, 0.25) is 5.91 Å². The van der Waals surface area contributed by atoms with Crippen LogP contribution in [0.25, 0.3) is 0 Å². The van der Waals surface area contributed by atoms with Gasteiger partial charge in [0.25, 0.3) is 0 Å². The maximum atomic E-state index is 12.4. The zero-order chi connectivity index (χ0) is 14.7. The Morgan fingerprint density at radius 3 is 2.57 bits per heavy atom. The van der Waals surface area contributed by atoms with Crippen LogP contribution in [0.3, 0.4) is 0 Å². The molecule has 2 fully saturated rings. The summed E-state index contributed by atoms with van der Waals surface area (Å²) in [6, 6.07) is 8.01. The number of piperazine rings is 1. The summed E-state index contributed by atoms with van der Waals surface area (Å²) in [5, 5.41) is 4.06. The highest BCUT2D eigenvalue weighted by molar-refractivity contribution is 6.30. The fraction of sp³-hybridized carbons (Fsp3) is 0.562. The van der Waals surface area contributed by atoms with Crippen LogP contribution in [0.2, 0.25) is 5.02 Å². The number of halogens is 3. The Morgan fingerprint density at radius 1 is 1.22 bits per heavy atom. The maximum Gasteiger partial charge on any atom is 0.227 e. The molecule has 1 amide bonds. The molecule has 1 unspecified atom stereocenters. The van der Waals surface area contributed by atoms with Crippen molar-refractivity contribution in [1.29, 1.82) is 0 Å². The minimum Gasteiger partial charge on any atom is -0.340 e. The molecule has 0 bridgehead atoms. The van der Waals surface area contributed by atoms with Crippen molar-refractivity contribution in [2.75, 3.05) is 39.3 Å². The van der Waals surface area contributed by atoms with Gasteiger partial charge >= 0.3 is 0 Å². The molecule has 0 aliphatic carbocycles. The fourth-order valence-corrected chi connectivity index (χ4v) is 3.36. The van der Waals surface area contributed by atoms with Crippen LogP contribution in [-0.4, -0.2) is 55.0 Å². The number of rotatable bonds is 3. The van der Waals surface area contributed by atoms with Gasteiger partial charge in [-0.05, 0) is 30.7 Å². The second kappa shape index (κ2) is 9.70. The van der Waals surface area contributed by atoms with Gasteiger partial charge in [-0.1, -0.05) is 23.7 Å². The lowest BCUT2D eigenvalue weighted by Gasteiger charge is -2.36. The quantitative estimate of drug-likeness (QED) is 0.875. The smallest absolute Gasteiger partial charge is 0.227 e. The van der Waals surface area contributed by atoms with Crippen molar-refractivity contribution in [2.45, 2.75) is 13.0 Å². The van der Waals surface area contributed by atoms with Crippen LogP contribution in [0, 0.1) is 5.92 Å². The summed E-state index contributed by atoms with van der Waals surface area (Å²) in [4.78, 5) is 16.8. The Morgan fingerprint density at radius 2 is 1.96 bits per heavy atom. The molecular weight excluding hydrogens is 357 g/mol. The number of carbonyl (C=O) groups excluding carboxylic acids is 1. The van der Waals surface area contributed by atoms with Gasteiger partial charge in [0.05, 0.1) is 5.92 Å². The van der Waals surface area contributed by atoms with E-state index in [0.29, 0.717) is 5.91 Å². The third-order valence-electron chi connectivity index (χ3n) is 4.39. The molecule has 7 heteroatoms. The van der Waals surface area contributed by atoms with E-state index in [2.05, 4.69) is 16.3 Å². The topological polar surface area (TPSA) is 35.6 Å². The molecule has 0 radical (unpaired) electrons. The van der Waals surface area contributed by atoms with E-state index in [0.717, 1.165) is 57.3 Å². The largest absolute Gasteiger partial charge is 0.340 e. The summed E-state index contributed by atoms with van der Waals surface area (Å²) in [7, 11) is 0. The highest BCUT2D eigenvalue weighted by atomic mass is 35.5. The predicted octanol–water partition coefficient (Wildman–Crippen LogP) is 2.44. The average Bonchev–Trinajstić information content (AvgIpc) is 3.01. The summed E-state index contributed by atoms with van der Waals surface area (Å²) < 4.78 is 0. The van der Waals surface area contributed by atoms with E-state index in [1.165, 1.54) is 5.56 Å². The Labute approximate surface area is 155 Å². The van der Waals surface area contributed by atoms with Crippen LogP contribution in [0.15, 0.2) is 24.3 Å². The molecule has 2 saturated heterocycles. The van der Waals surface area contributed by atoms with Crippen molar-refractivity contribution in [3.05, 3.63) is 34.9 Å². The SMILES string of the molecule is Cl.Cl.O=C(C1CCNC1)N1CCN(Cc2cccc(Cl)c2)CC1. The third-order valence-corrected chi connectivity index (χ3v) is 4.62. The fourth-order valence-electron chi connectivity index (χ4n) is 3.14. The molecule has 2 aliphatic rings. The Balaban J connectivity index is 0.00000132. The predicted molar refractivity (Wildman–Crippen MR) is 98.8 cm³/mol. The van der Waals surface area contributed by atoms with E-state index < -0.39 is 0 Å². The number of hydrogen-bond donors (Lipinski definition) is 1. The second-order valence-corrected chi connectivity index (χ2v) is 6.36. The first-order chi connectivity index (χ1) is 10.2. The summed E-state index contributed by atoms with van der Waals surface area (Å²) in [5.74, 6) is 0.534. The minimum atomic E-state index is 0. The monoisotopic (exact) mass is 379 g/mol. The van der Waals surface area contributed by atoms with Crippen molar-refractivity contribution in [2.24, 2.45) is 5.92 Å². The molecule has 1 atom stereocenters. The van der Waals surface area contributed by atoms with Gasteiger partial charge < -0.3 is 10.2 Å². The zero-order valence-corrected chi connectivity index (χ0v) is 15.4. The molecule has 0 aromatic heterocycles. The van der Waals surface area contributed by atoms with E-state index in [4.69, 9.17) is 11.6 Å². The second-order valence-electron chi connectivity index (χ2n) is 5.92. The van der Waals surface area contributed by atoms with E-state index >= 15 is 0 Å². The van der Waals surface area contributed by atoms with Crippen LogP contribution in [0.5, 0.6) is 0 Å². The van der Waals surface area contributed by atoms with E-state index in [1.807, 2.05) is 23.1 Å². The molecule has 1 N–H and O–H groups in total. The first-order valence-electron chi connectivity index (χ1n) is 7.69. The molecule has 23 heavy (non-hydrogen) atoms. The lowest BCUT2D eigenvalue weighted by molar-refractivity contribution is -0.136. The van der Waals surface area contributed by atoms with E-state index in [9.17, 15) is 4.79 Å². The number of carbonyl (C=O) groups is 1. The summed E-state index contributed by atoms with van der Waals surface area (Å²) in [5.41, 5.74) is 1.24. The molecular formula is C16H24Cl3N3O. The number of nitrogens with zero attached hydrogens (tertiary/aromatic N) is 2. The highest BCUT2D eigenvalue weighted by Gasteiger charge is 2.29. The van der Waals surface area contributed by atoms with Crippen molar-refractivity contribution >= 4 is 42.3 Å². The van der Waals surface area contributed by atoms with Crippen LogP contribution >= 0.6 is 36.4 Å². The van der Waals surface area contributed by atoms with Gasteiger partial charge in [0.15, 0.2) is 0 Å². The normalized spacial score (nSPS) is 21.4. The third kappa shape index (κ3) is 5.50. The van der Waals surface area contributed by atoms with Crippen molar-refractivity contribution in [1.82, 2.24) is 15.1 Å². The number of nitrogens with one attached hydrogen (secondary N) is 1. The average molecular weight is 381 g/mol. The van der Waals surface area contributed by atoms with Gasteiger partial charge in [0, 0.05) is 44.3 Å². The van der Waals surface area contributed by atoms with Crippen LogP contribution in [0.1, 0.15) is 12.0 Å². The molecule has 4 nitrogen and oxygen atoms in total. The minimum absolute atomic E-state index is 0. The molecule has 3 rings (SSSR count). The van der Waals surface area contributed by atoms with Crippen LogP contribution < -0.4 is 5.32 Å². The van der Waals surface area contributed by atoms with Gasteiger partial charge in [-0.25, -0.2) is 0 Å². The first-order valence-corrected chi connectivity index (χ1v) is 8.06. The Hall–Kier alpha value is -0.520. The molecule has 0 saturated carbocycles. The lowest BCUT2D eigenvalue weighted by Crippen LogP contribution is -2.50. The van der Waals surface area contributed by atoms with Crippen molar-refractivity contribution in [3.63, 3.8) is 0 Å². The zero-order valence-electron chi connectivity index (χ0n) is 13.0. The Kier molecular flexibility index (Phi) is 8.65. The van der Waals surface area contributed by atoms with E-state index in [1.54, 1.807) is 0 Å². The summed E-state index contributed by atoms with van der Waals surface area (Å²) >= 11 is 6.02. The summed E-state index contributed by atoms with van der Waals surface area (Å²) in [6.45, 7) is 6.31. The van der Waals surface area contributed by atoms with Gasteiger partial charge in [0.1, 0.15) is 0 Å². The molecule has 0 spiro atoms. The van der Waals surface area contributed by atoms with Gasteiger partial charge in [-0.2, -0.15) is 0 Å². The van der Waals surface area contributed by atoms with Gasteiger partial charge in [-0.15, -0.1) is 24.8 Å². The van der Waals surface area contributed by atoms with E-state index in [-0.39, 0.29) is 30.7 Å². The summed E-state index contributed by atoms with van der Waals surface area (Å²) in [6.07, 6.45) is 0.988. The number of benzene rings is 1. The molecule has 130 valence electrons. The maximum absolute atomic E-state index is 12.4. The van der Waals surface area contributed by atoms with Crippen LogP contribution in [-0.2, 0) is 11.3 Å². The number of amides is 1. The van der Waals surface area contributed by atoms with Crippen LogP contribution in [0.4, 0.5) is 0 Å². The molecule has 2 heterocycles. The lowest BCUT2D eigenvalue weighted by atomic mass is 10.1. The molecule has 2 aliphatic heterocycles. The highest BCUT2D eigenvalue weighted by Crippen LogP contribution is 2.16. The molecule has 1 aromatic carbocycles. The molecule has 1 aromatic rings. The first kappa shape index (κ1) is 20.5.